The van der Waals surface area contributed by atoms with Gasteiger partial charge in [0, 0.05) is 12.6 Å². The van der Waals surface area contributed by atoms with Gasteiger partial charge >= 0.3 is 0 Å². The fourth-order valence-electron chi connectivity index (χ4n) is 1.26. The molecule has 4 heteroatoms. The van der Waals surface area contributed by atoms with E-state index in [0.29, 0.717) is 0 Å². The van der Waals surface area contributed by atoms with E-state index >= 15 is 0 Å². The third-order valence-corrected chi connectivity index (χ3v) is 2.10. The smallest absolute Gasteiger partial charge is 0.144 e. The van der Waals surface area contributed by atoms with Crippen molar-refractivity contribution in [3.05, 3.63) is 29.8 Å². The summed E-state index contributed by atoms with van der Waals surface area (Å²) in [5, 5.41) is 8.26. The van der Waals surface area contributed by atoms with E-state index in [1.54, 1.807) is 0 Å². The number of rotatable bonds is 5. The number of hydrogen-bond donors (Lipinski definition) is 0. The molecule has 0 aromatic carbocycles. The van der Waals surface area contributed by atoms with E-state index in [1.165, 1.54) is 18.3 Å². The first-order chi connectivity index (χ1) is 7.24. The maximum absolute atomic E-state index is 13.1. The zero-order chi connectivity index (χ0) is 11.1. The highest BCUT2D eigenvalue weighted by atomic mass is 19.1. The lowest BCUT2D eigenvalue weighted by atomic mass is 10.1. The fraction of sp³-hybridized carbons (Fsp3) is 0.455. The van der Waals surface area contributed by atoms with Crippen molar-refractivity contribution < 1.29 is 8.78 Å². The monoisotopic (exact) mass is 210 g/mol. The Morgan fingerprint density at radius 2 is 2.27 bits per heavy atom. The molecule has 80 valence electrons. The van der Waals surface area contributed by atoms with Crippen LogP contribution in [0.3, 0.4) is 0 Å². The molecule has 0 unspecified atom stereocenters. The molecule has 0 amide bonds. The van der Waals surface area contributed by atoms with Crippen LogP contribution in [0.1, 0.15) is 25.0 Å². The topological polar surface area (TPSA) is 36.7 Å². The van der Waals surface area contributed by atoms with Crippen molar-refractivity contribution in [1.82, 2.24) is 4.98 Å². The molecule has 0 spiro atoms. The summed E-state index contributed by atoms with van der Waals surface area (Å²) in [6, 6.07) is 4.69. The van der Waals surface area contributed by atoms with Crippen LogP contribution in [0.15, 0.2) is 18.3 Å². The first-order valence-corrected chi connectivity index (χ1v) is 4.84. The molecular weight excluding hydrogens is 198 g/mol. The maximum Gasteiger partial charge on any atom is 0.144 e. The summed E-state index contributed by atoms with van der Waals surface area (Å²) in [5.74, 6) is -0.398. The normalized spacial score (nSPS) is 12.1. The fourth-order valence-corrected chi connectivity index (χ4v) is 1.26. The Bertz CT molecular complexity index is 347. The molecule has 0 radical (unpaired) electrons. The van der Waals surface area contributed by atoms with Crippen LogP contribution in [-0.4, -0.2) is 11.2 Å². The van der Waals surface area contributed by atoms with Crippen LogP contribution in [0.25, 0.3) is 0 Å². The number of halogens is 2. The lowest BCUT2D eigenvalue weighted by molar-refractivity contribution is 0.297. The second-order valence-electron chi connectivity index (χ2n) is 3.26. The Labute approximate surface area is 87.6 Å². The molecule has 1 aromatic rings. The lowest BCUT2D eigenvalue weighted by Gasteiger charge is -2.05. The van der Waals surface area contributed by atoms with Gasteiger partial charge in [-0.1, -0.05) is 0 Å². The summed E-state index contributed by atoms with van der Waals surface area (Å²) in [4.78, 5) is 3.82. The molecule has 0 saturated heterocycles. The van der Waals surface area contributed by atoms with Crippen LogP contribution >= 0.6 is 0 Å². The van der Waals surface area contributed by atoms with Crippen molar-refractivity contribution >= 4 is 0 Å². The van der Waals surface area contributed by atoms with E-state index in [1.807, 2.05) is 6.07 Å². The van der Waals surface area contributed by atoms with E-state index in [2.05, 4.69) is 4.98 Å². The minimum Gasteiger partial charge on any atom is -0.258 e. The van der Waals surface area contributed by atoms with Crippen LogP contribution in [0.4, 0.5) is 8.78 Å². The minimum absolute atomic E-state index is 0.200. The van der Waals surface area contributed by atoms with Gasteiger partial charge in [-0.2, -0.15) is 5.26 Å². The molecule has 0 aliphatic carbocycles. The molecule has 1 heterocycles. The summed E-state index contributed by atoms with van der Waals surface area (Å²) < 4.78 is 26.2. The summed E-state index contributed by atoms with van der Waals surface area (Å²) in [6.07, 6.45) is 1.35. The van der Waals surface area contributed by atoms with Crippen molar-refractivity contribution in [3.63, 3.8) is 0 Å². The van der Waals surface area contributed by atoms with Gasteiger partial charge in [0.2, 0.25) is 0 Å². The highest BCUT2D eigenvalue weighted by Gasteiger charge is 2.09. The molecule has 2 nitrogen and oxygen atoms in total. The van der Waals surface area contributed by atoms with Crippen LogP contribution < -0.4 is 0 Å². The second-order valence-corrected chi connectivity index (χ2v) is 3.26. The summed E-state index contributed by atoms with van der Waals surface area (Å²) >= 11 is 0. The molecule has 0 saturated carbocycles. The van der Waals surface area contributed by atoms with Gasteiger partial charge in [0.25, 0.3) is 0 Å². The average Bonchev–Trinajstić information content (AvgIpc) is 2.25. The Morgan fingerprint density at radius 1 is 1.47 bits per heavy atom. The lowest BCUT2D eigenvalue weighted by Crippen LogP contribution is -2.04. The molecule has 0 fully saturated rings. The van der Waals surface area contributed by atoms with E-state index in [9.17, 15) is 8.78 Å². The summed E-state index contributed by atoms with van der Waals surface area (Å²) in [7, 11) is 0. The number of aryl methyl sites for hydroxylation is 1. The van der Waals surface area contributed by atoms with Gasteiger partial charge in [-0.25, -0.2) is 8.78 Å². The standard InChI is InChI=1S/C11H12F2N2/c12-9(3-1-7-14)5-6-11-10(13)4-2-8-15-11/h2,4,8-9H,1,3,5-6H2/t9-/m1/s1. The van der Waals surface area contributed by atoms with Crippen LogP contribution in [0.5, 0.6) is 0 Å². The predicted molar refractivity (Wildman–Crippen MR) is 52.3 cm³/mol. The number of hydrogen-bond acceptors (Lipinski definition) is 2. The highest BCUT2D eigenvalue weighted by Crippen LogP contribution is 2.12. The van der Waals surface area contributed by atoms with Crippen molar-refractivity contribution in [2.75, 3.05) is 0 Å². The number of pyridine rings is 1. The maximum atomic E-state index is 13.1. The van der Waals surface area contributed by atoms with Gasteiger partial charge in [0.1, 0.15) is 12.0 Å². The van der Waals surface area contributed by atoms with Crippen molar-refractivity contribution in [1.29, 1.82) is 5.26 Å². The van der Waals surface area contributed by atoms with Crippen molar-refractivity contribution in [3.8, 4) is 6.07 Å². The van der Waals surface area contributed by atoms with Crippen LogP contribution in [0.2, 0.25) is 0 Å². The average molecular weight is 210 g/mol. The number of alkyl halides is 1. The molecular formula is C11H12F2N2. The van der Waals surface area contributed by atoms with Gasteiger partial charge in [-0.3, -0.25) is 4.98 Å². The third kappa shape index (κ3) is 4.03. The van der Waals surface area contributed by atoms with E-state index in [4.69, 9.17) is 5.26 Å². The first-order valence-electron chi connectivity index (χ1n) is 4.84. The van der Waals surface area contributed by atoms with Crippen LogP contribution in [-0.2, 0) is 6.42 Å². The molecule has 0 aliphatic heterocycles. The zero-order valence-electron chi connectivity index (χ0n) is 8.29. The molecule has 1 atom stereocenters. The number of nitrogens with zero attached hydrogens (tertiary/aromatic N) is 2. The van der Waals surface area contributed by atoms with Crippen molar-refractivity contribution in [2.45, 2.75) is 31.9 Å². The second kappa shape index (κ2) is 6.07. The molecule has 0 bridgehead atoms. The van der Waals surface area contributed by atoms with E-state index in [-0.39, 0.29) is 31.4 Å². The van der Waals surface area contributed by atoms with Crippen LogP contribution in [0, 0.1) is 17.1 Å². The molecule has 0 aliphatic rings. The quantitative estimate of drug-likeness (QED) is 0.749. The number of aromatic nitrogens is 1. The minimum atomic E-state index is -1.05. The van der Waals surface area contributed by atoms with Gasteiger partial charge in [-0.05, 0) is 31.4 Å². The molecule has 1 rings (SSSR count). The largest absolute Gasteiger partial charge is 0.258 e. The Hall–Kier alpha value is -1.50. The van der Waals surface area contributed by atoms with Gasteiger partial charge < -0.3 is 0 Å². The molecule has 0 N–H and O–H groups in total. The van der Waals surface area contributed by atoms with Gasteiger partial charge in [0.05, 0.1) is 11.8 Å². The number of nitriles is 1. The molecule has 1 aromatic heterocycles. The first kappa shape index (κ1) is 11.6. The van der Waals surface area contributed by atoms with Gasteiger partial charge in [-0.15, -0.1) is 0 Å². The Morgan fingerprint density at radius 3 is 2.93 bits per heavy atom. The van der Waals surface area contributed by atoms with Gasteiger partial charge in [0.15, 0.2) is 0 Å². The zero-order valence-corrected chi connectivity index (χ0v) is 8.29. The molecule has 15 heavy (non-hydrogen) atoms. The highest BCUT2D eigenvalue weighted by molar-refractivity contribution is 5.07. The SMILES string of the molecule is N#CCC[C@@H](F)CCc1ncccc1F. The van der Waals surface area contributed by atoms with E-state index in [0.717, 1.165) is 0 Å². The third-order valence-electron chi connectivity index (χ3n) is 2.10. The Balaban J connectivity index is 2.37. The van der Waals surface area contributed by atoms with Crippen molar-refractivity contribution in [2.24, 2.45) is 0 Å². The predicted octanol–water partition coefficient (Wildman–Crippen LogP) is 2.80. The summed E-state index contributed by atoms with van der Waals surface area (Å²) in [6.45, 7) is 0. The summed E-state index contributed by atoms with van der Waals surface area (Å²) in [5.41, 5.74) is 0.289. The Kier molecular flexibility index (Phi) is 4.69. The van der Waals surface area contributed by atoms with E-state index < -0.39 is 12.0 Å².